The summed E-state index contributed by atoms with van der Waals surface area (Å²) in [7, 11) is 0. The normalized spacial score (nSPS) is 27.6. The van der Waals surface area contributed by atoms with Crippen LogP contribution in [0.15, 0.2) is 23.8 Å². The number of ether oxygens (including phenoxy) is 1. The van der Waals surface area contributed by atoms with Gasteiger partial charge < -0.3 is 4.74 Å². The average molecular weight is 221 g/mol. The Labute approximate surface area is 99.0 Å². The van der Waals surface area contributed by atoms with Crippen molar-refractivity contribution in [3.8, 4) is 0 Å². The number of nitrogens with zero attached hydrogens (tertiary/aromatic N) is 1. The molecule has 2 rings (SSSR count). The summed E-state index contributed by atoms with van der Waals surface area (Å²) in [5.74, 6) is 0.730. The van der Waals surface area contributed by atoms with Gasteiger partial charge in [0, 0.05) is 19.6 Å². The number of morpholine rings is 1. The zero-order valence-electron chi connectivity index (χ0n) is 10.4. The Hall–Kier alpha value is -0.600. The zero-order chi connectivity index (χ0) is 11.4. The molecule has 0 spiro atoms. The molecule has 1 saturated heterocycles. The largest absolute Gasteiger partial charge is 0.379 e. The summed E-state index contributed by atoms with van der Waals surface area (Å²) in [5, 5.41) is 0. The molecule has 0 N–H and O–H groups in total. The van der Waals surface area contributed by atoms with Gasteiger partial charge in [-0.05, 0) is 32.1 Å². The minimum atomic E-state index is 0.730. The first-order valence-electron chi connectivity index (χ1n) is 6.39. The van der Waals surface area contributed by atoms with Crippen molar-refractivity contribution in [2.45, 2.75) is 26.2 Å². The first kappa shape index (κ1) is 11.9. The molecule has 2 heteroatoms. The van der Waals surface area contributed by atoms with Crippen LogP contribution >= 0.6 is 0 Å². The van der Waals surface area contributed by atoms with E-state index in [-0.39, 0.29) is 0 Å². The Morgan fingerprint density at radius 2 is 2.25 bits per heavy atom. The smallest absolute Gasteiger partial charge is 0.0594 e. The SMILES string of the molecule is C=C(C)C1CC=C(CN2CCOCC2)CC1. The molecule has 0 aromatic heterocycles. The Kier molecular flexibility index (Phi) is 4.19. The highest BCUT2D eigenvalue weighted by molar-refractivity contribution is 5.13. The first-order valence-corrected chi connectivity index (χ1v) is 6.39. The van der Waals surface area contributed by atoms with Gasteiger partial charge in [0.2, 0.25) is 0 Å². The van der Waals surface area contributed by atoms with E-state index in [1.54, 1.807) is 5.57 Å². The average Bonchev–Trinajstić information content (AvgIpc) is 2.31. The van der Waals surface area contributed by atoms with Crippen LogP contribution in [0.3, 0.4) is 0 Å². The van der Waals surface area contributed by atoms with E-state index in [1.807, 2.05) is 0 Å². The van der Waals surface area contributed by atoms with Crippen LogP contribution in [0.5, 0.6) is 0 Å². The maximum atomic E-state index is 5.36. The number of hydrogen-bond acceptors (Lipinski definition) is 2. The lowest BCUT2D eigenvalue weighted by Crippen LogP contribution is -2.37. The van der Waals surface area contributed by atoms with Gasteiger partial charge in [-0.2, -0.15) is 0 Å². The molecule has 1 aliphatic carbocycles. The van der Waals surface area contributed by atoms with Crippen molar-refractivity contribution in [1.82, 2.24) is 4.90 Å². The summed E-state index contributed by atoms with van der Waals surface area (Å²) >= 11 is 0. The lowest BCUT2D eigenvalue weighted by Gasteiger charge is -2.30. The molecule has 90 valence electrons. The van der Waals surface area contributed by atoms with Crippen LogP contribution in [0, 0.1) is 5.92 Å². The Morgan fingerprint density at radius 3 is 2.81 bits per heavy atom. The molecule has 0 aromatic rings. The fraction of sp³-hybridized carbons (Fsp3) is 0.714. The van der Waals surface area contributed by atoms with Crippen LogP contribution in [0.25, 0.3) is 0 Å². The van der Waals surface area contributed by atoms with E-state index in [1.165, 1.54) is 24.8 Å². The molecule has 1 unspecified atom stereocenters. The van der Waals surface area contributed by atoms with Crippen molar-refractivity contribution in [3.05, 3.63) is 23.8 Å². The molecule has 0 amide bonds. The molecule has 2 aliphatic rings. The van der Waals surface area contributed by atoms with Gasteiger partial charge >= 0.3 is 0 Å². The van der Waals surface area contributed by atoms with Gasteiger partial charge in [-0.25, -0.2) is 0 Å². The molecular formula is C14H23NO. The third-order valence-corrected chi connectivity index (χ3v) is 3.73. The fourth-order valence-electron chi connectivity index (χ4n) is 2.53. The van der Waals surface area contributed by atoms with Crippen LogP contribution in [-0.4, -0.2) is 37.7 Å². The van der Waals surface area contributed by atoms with E-state index >= 15 is 0 Å². The van der Waals surface area contributed by atoms with Crippen LogP contribution in [0.1, 0.15) is 26.2 Å². The van der Waals surface area contributed by atoms with E-state index < -0.39 is 0 Å². The second kappa shape index (κ2) is 5.65. The third-order valence-electron chi connectivity index (χ3n) is 3.73. The van der Waals surface area contributed by atoms with Crippen molar-refractivity contribution in [1.29, 1.82) is 0 Å². The molecule has 2 nitrogen and oxygen atoms in total. The van der Waals surface area contributed by atoms with Crippen LogP contribution < -0.4 is 0 Å². The van der Waals surface area contributed by atoms with Gasteiger partial charge in [-0.1, -0.05) is 23.8 Å². The number of allylic oxidation sites excluding steroid dienone is 2. The highest BCUT2D eigenvalue weighted by Gasteiger charge is 2.17. The molecule has 0 aromatic carbocycles. The van der Waals surface area contributed by atoms with Crippen molar-refractivity contribution < 1.29 is 4.74 Å². The summed E-state index contributed by atoms with van der Waals surface area (Å²) < 4.78 is 5.36. The van der Waals surface area contributed by atoms with Crippen molar-refractivity contribution in [2.24, 2.45) is 5.92 Å². The number of rotatable bonds is 3. The predicted molar refractivity (Wildman–Crippen MR) is 67.5 cm³/mol. The third kappa shape index (κ3) is 3.19. The molecule has 1 atom stereocenters. The Balaban J connectivity index is 1.80. The van der Waals surface area contributed by atoms with E-state index in [0.717, 1.165) is 38.8 Å². The molecule has 0 bridgehead atoms. The van der Waals surface area contributed by atoms with Gasteiger partial charge in [0.15, 0.2) is 0 Å². The van der Waals surface area contributed by atoms with E-state index in [2.05, 4.69) is 24.5 Å². The van der Waals surface area contributed by atoms with Crippen LogP contribution in [0.2, 0.25) is 0 Å². The predicted octanol–water partition coefficient (Wildman–Crippen LogP) is 2.62. The Morgan fingerprint density at radius 1 is 1.50 bits per heavy atom. The van der Waals surface area contributed by atoms with Gasteiger partial charge in [-0.15, -0.1) is 0 Å². The zero-order valence-corrected chi connectivity index (χ0v) is 10.4. The van der Waals surface area contributed by atoms with Gasteiger partial charge in [0.05, 0.1) is 13.2 Å². The van der Waals surface area contributed by atoms with Crippen LogP contribution in [0.4, 0.5) is 0 Å². The van der Waals surface area contributed by atoms with Crippen molar-refractivity contribution in [2.75, 3.05) is 32.8 Å². The second-order valence-corrected chi connectivity index (χ2v) is 5.07. The van der Waals surface area contributed by atoms with E-state index in [9.17, 15) is 0 Å². The lowest BCUT2D eigenvalue weighted by molar-refractivity contribution is 0.0417. The molecule has 16 heavy (non-hydrogen) atoms. The van der Waals surface area contributed by atoms with Crippen molar-refractivity contribution >= 4 is 0 Å². The summed E-state index contributed by atoms with van der Waals surface area (Å²) in [6.45, 7) is 11.4. The van der Waals surface area contributed by atoms with Gasteiger partial charge in [0.25, 0.3) is 0 Å². The molecule has 1 fully saturated rings. The minimum absolute atomic E-state index is 0.730. The molecule has 1 aliphatic heterocycles. The standard InChI is InChI=1S/C14H23NO/c1-12(2)14-5-3-13(4-6-14)11-15-7-9-16-10-8-15/h3,14H,1,4-11H2,2H3. The summed E-state index contributed by atoms with van der Waals surface area (Å²) in [6.07, 6.45) is 6.20. The topological polar surface area (TPSA) is 12.5 Å². The summed E-state index contributed by atoms with van der Waals surface area (Å²) in [6, 6.07) is 0. The molecule has 1 heterocycles. The highest BCUT2D eigenvalue weighted by atomic mass is 16.5. The summed E-state index contributed by atoms with van der Waals surface area (Å²) in [4.78, 5) is 2.51. The fourth-order valence-corrected chi connectivity index (χ4v) is 2.53. The molecule has 0 radical (unpaired) electrons. The maximum Gasteiger partial charge on any atom is 0.0594 e. The van der Waals surface area contributed by atoms with Gasteiger partial charge in [0.1, 0.15) is 0 Å². The Bertz CT molecular complexity index is 276. The highest BCUT2D eigenvalue weighted by Crippen LogP contribution is 2.28. The second-order valence-electron chi connectivity index (χ2n) is 5.07. The van der Waals surface area contributed by atoms with E-state index in [4.69, 9.17) is 4.74 Å². The molecule has 0 saturated carbocycles. The molecular weight excluding hydrogens is 198 g/mol. The monoisotopic (exact) mass is 221 g/mol. The maximum absolute atomic E-state index is 5.36. The first-order chi connectivity index (χ1) is 7.75. The van der Waals surface area contributed by atoms with Gasteiger partial charge in [-0.3, -0.25) is 4.90 Å². The summed E-state index contributed by atoms with van der Waals surface area (Å²) in [5.41, 5.74) is 2.97. The quantitative estimate of drug-likeness (QED) is 0.679. The van der Waals surface area contributed by atoms with Crippen LogP contribution in [-0.2, 0) is 4.74 Å². The van der Waals surface area contributed by atoms with E-state index in [0.29, 0.717) is 0 Å². The lowest BCUT2D eigenvalue weighted by atomic mass is 9.85. The van der Waals surface area contributed by atoms with Crippen molar-refractivity contribution in [3.63, 3.8) is 0 Å². The number of hydrogen-bond donors (Lipinski definition) is 0. The minimum Gasteiger partial charge on any atom is -0.379 e.